The highest BCUT2D eigenvalue weighted by Gasteiger charge is 1.96. The maximum absolute atomic E-state index is 10.8. The Morgan fingerprint density at radius 3 is 2.17 bits per heavy atom. The molecule has 68 valence electrons. The van der Waals surface area contributed by atoms with Gasteiger partial charge in [-0.1, -0.05) is 13.8 Å². The molecule has 1 unspecified atom stereocenters. The van der Waals surface area contributed by atoms with Gasteiger partial charge in [0.1, 0.15) is 5.03 Å². The van der Waals surface area contributed by atoms with Gasteiger partial charge in [-0.05, 0) is 19.1 Å². The normalized spacial score (nSPS) is 11.3. The summed E-state index contributed by atoms with van der Waals surface area (Å²) in [7, 11) is -1.01. The van der Waals surface area contributed by atoms with Crippen LogP contribution < -0.4 is 0 Å². The maximum atomic E-state index is 10.8. The van der Waals surface area contributed by atoms with E-state index in [4.69, 9.17) is 0 Å². The van der Waals surface area contributed by atoms with Gasteiger partial charge in [0.2, 0.25) is 0 Å². The van der Waals surface area contributed by atoms with Crippen molar-refractivity contribution in [2.45, 2.75) is 25.8 Å². The van der Waals surface area contributed by atoms with E-state index >= 15 is 0 Å². The van der Waals surface area contributed by atoms with E-state index < -0.39 is 10.8 Å². The van der Waals surface area contributed by atoms with Gasteiger partial charge in [0, 0.05) is 6.26 Å². The van der Waals surface area contributed by atoms with Gasteiger partial charge in [0.05, 0.1) is 16.5 Å². The van der Waals surface area contributed by atoms with Crippen LogP contribution in [0.5, 0.6) is 0 Å². The van der Waals surface area contributed by atoms with Crippen molar-refractivity contribution in [2.75, 3.05) is 6.26 Å². The predicted octanol–water partition coefficient (Wildman–Crippen LogP) is 1.55. The molecule has 3 nitrogen and oxygen atoms in total. The van der Waals surface area contributed by atoms with E-state index in [0.717, 1.165) is 5.69 Å². The number of hydrogen-bond donors (Lipinski definition) is 0. The summed E-state index contributed by atoms with van der Waals surface area (Å²) in [6.45, 7) is 5.84. The fourth-order valence-electron chi connectivity index (χ4n) is 0.540. The molecule has 0 fully saturated rings. The first-order valence-electron chi connectivity index (χ1n) is 3.84. The van der Waals surface area contributed by atoms with E-state index in [0.29, 0.717) is 5.03 Å². The smallest absolute Gasteiger partial charge is 0.149 e. The molecular formula is C8H14N2OS. The highest BCUT2D eigenvalue weighted by Crippen LogP contribution is 1.97. The summed E-state index contributed by atoms with van der Waals surface area (Å²) >= 11 is 0. The lowest BCUT2D eigenvalue weighted by molar-refractivity contribution is 0.681. The van der Waals surface area contributed by atoms with Crippen molar-refractivity contribution in [3.05, 3.63) is 17.8 Å². The SMILES string of the molecule is CC.Cc1ccc(S(C)=O)nn1. The first-order valence-corrected chi connectivity index (χ1v) is 5.40. The Balaban J connectivity index is 0.000000561. The van der Waals surface area contributed by atoms with E-state index in [9.17, 15) is 4.21 Å². The van der Waals surface area contributed by atoms with Gasteiger partial charge in [-0.2, -0.15) is 5.10 Å². The van der Waals surface area contributed by atoms with E-state index in [-0.39, 0.29) is 0 Å². The summed E-state index contributed by atoms with van der Waals surface area (Å²) in [5, 5.41) is 8.02. The van der Waals surface area contributed by atoms with Gasteiger partial charge in [-0.3, -0.25) is 4.21 Å². The molecule has 0 saturated carbocycles. The Morgan fingerprint density at radius 1 is 1.25 bits per heavy atom. The van der Waals surface area contributed by atoms with Crippen LogP contribution in [0.2, 0.25) is 0 Å². The Labute approximate surface area is 75.7 Å². The molecule has 0 radical (unpaired) electrons. The highest BCUT2D eigenvalue weighted by atomic mass is 32.2. The molecule has 0 bridgehead atoms. The fourth-order valence-corrected chi connectivity index (χ4v) is 0.956. The molecule has 0 aliphatic heterocycles. The maximum Gasteiger partial charge on any atom is 0.149 e. The molecule has 4 heteroatoms. The number of aryl methyl sites for hydroxylation is 1. The molecule has 1 atom stereocenters. The second kappa shape index (κ2) is 5.83. The van der Waals surface area contributed by atoms with Crippen molar-refractivity contribution < 1.29 is 4.21 Å². The molecule has 1 rings (SSSR count). The first-order chi connectivity index (χ1) is 5.70. The number of aromatic nitrogens is 2. The van der Waals surface area contributed by atoms with Crippen molar-refractivity contribution in [3.63, 3.8) is 0 Å². The van der Waals surface area contributed by atoms with Gasteiger partial charge in [-0.25, -0.2) is 0 Å². The highest BCUT2D eigenvalue weighted by molar-refractivity contribution is 7.84. The first kappa shape index (κ1) is 11.2. The molecule has 1 aromatic rings. The van der Waals surface area contributed by atoms with E-state index in [1.54, 1.807) is 18.4 Å². The van der Waals surface area contributed by atoms with Crippen LogP contribution in [0, 0.1) is 6.92 Å². The van der Waals surface area contributed by atoms with Crippen molar-refractivity contribution >= 4 is 10.8 Å². The van der Waals surface area contributed by atoms with Crippen LogP contribution >= 0.6 is 0 Å². The molecule has 12 heavy (non-hydrogen) atoms. The second-order valence-corrected chi connectivity index (χ2v) is 3.29. The van der Waals surface area contributed by atoms with Crippen LogP contribution in [0.4, 0.5) is 0 Å². The molecule has 0 saturated heterocycles. The van der Waals surface area contributed by atoms with Gasteiger partial charge in [0.15, 0.2) is 0 Å². The van der Waals surface area contributed by atoms with Crippen molar-refractivity contribution in [1.29, 1.82) is 0 Å². The third-order valence-electron chi connectivity index (χ3n) is 1.07. The largest absolute Gasteiger partial charge is 0.253 e. The Hall–Kier alpha value is -0.770. The van der Waals surface area contributed by atoms with E-state index in [2.05, 4.69) is 10.2 Å². The molecule has 0 aliphatic rings. The third kappa shape index (κ3) is 3.57. The molecular weight excluding hydrogens is 172 g/mol. The van der Waals surface area contributed by atoms with Crippen LogP contribution in [0.3, 0.4) is 0 Å². The summed E-state index contributed by atoms with van der Waals surface area (Å²) in [5.74, 6) is 0. The van der Waals surface area contributed by atoms with Crippen molar-refractivity contribution in [3.8, 4) is 0 Å². The summed E-state index contributed by atoms with van der Waals surface area (Å²) in [6, 6.07) is 3.52. The van der Waals surface area contributed by atoms with Gasteiger partial charge in [-0.15, -0.1) is 5.10 Å². The second-order valence-electron chi connectivity index (χ2n) is 1.97. The topological polar surface area (TPSA) is 42.9 Å². The van der Waals surface area contributed by atoms with Crippen molar-refractivity contribution in [1.82, 2.24) is 10.2 Å². The van der Waals surface area contributed by atoms with Crippen molar-refractivity contribution in [2.24, 2.45) is 0 Å². The zero-order valence-corrected chi connectivity index (χ0v) is 8.68. The van der Waals surface area contributed by atoms with Crippen LogP contribution in [0.25, 0.3) is 0 Å². The fraction of sp³-hybridized carbons (Fsp3) is 0.500. The lowest BCUT2D eigenvalue weighted by Gasteiger charge is -1.92. The van der Waals surface area contributed by atoms with E-state index in [1.165, 1.54) is 0 Å². The average molecular weight is 186 g/mol. The minimum atomic E-state index is -1.01. The van der Waals surface area contributed by atoms with Gasteiger partial charge < -0.3 is 0 Å². The molecule has 0 amide bonds. The molecule has 1 heterocycles. The van der Waals surface area contributed by atoms with Crippen LogP contribution in [-0.2, 0) is 10.8 Å². The molecule has 0 spiro atoms. The molecule has 0 aromatic carbocycles. The average Bonchev–Trinajstić information content (AvgIpc) is 2.09. The van der Waals surface area contributed by atoms with Gasteiger partial charge in [0.25, 0.3) is 0 Å². The number of hydrogen-bond acceptors (Lipinski definition) is 3. The number of nitrogens with zero attached hydrogens (tertiary/aromatic N) is 2. The lowest BCUT2D eigenvalue weighted by Crippen LogP contribution is -1.94. The van der Waals surface area contributed by atoms with E-state index in [1.807, 2.05) is 20.8 Å². The monoisotopic (exact) mass is 186 g/mol. The minimum absolute atomic E-state index is 0.533. The molecule has 1 aromatic heterocycles. The van der Waals surface area contributed by atoms with Gasteiger partial charge >= 0.3 is 0 Å². The Morgan fingerprint density at radius 2 is 1.83 bits per heavy atom. The predicted molar refractivity (Wildman–Crippen MR) is 50.4 cm³/mol. The summed E-state index contributed by atoms with van der Waals surface area (Å²) in [6.07, 6.45) is 1.58. The Bertz CT molecular complexity index is 246. The van der Waals surface area contributed by atoms with Crippen LogP contribution in [0.15, 0.2) is 17.2 Å². The minimum Gasteiger partial charge on any atom is -0.253 e. The van der Waals surface area contributed by atoms with Crippen LogP contribution in [-0.4, -0.2) is 20.7 Å². The number of rotatable bonds is 1. The van der Waals surface area contributed by atoms with Crippen LogP contribution in [0.1, 0.15) is 19.5 Å². The molecule has 0 aliphatic carbocycles. The summed E-state index contributed by atoms with van der Waals surface area (Å²) in [4.78, 5) is 0. The zero-order valence-electron chi connectivity index (χ0n) is 7.87. The molecule has 0 N–H and O–H groups in total. The Kier molecular flexibility index (Phi) is 5.45. The zero-order chi connectivity index (χ0) is 9.56. The quantitative estimate of drug-likeness (QED) is 0.668. The third-order valence-corrected chi connectivity index (χ3v) is 1.87. The summed E-state index contributed by atoms with van der Waals surface area (Å²) < 4.78 is 10.8. The summed E-state index contributed by atoms with van der Waals surface area (Å²) in [5.41, 5.74) is 0.842. The lowest BCUT2D eigenvalue weighted by atomic mass is 10.4. The standard InChI is InChI=1S/C6H8N2OS.C2H6/c1-5-3-4-6(8-7-5)10(2)9;1-2/h3-4H,1-2H3;1-2H3.